The van der Waals surface area contributed by atoms with Gasteiger partial charge in [0.05, 0.1) is 0 Å². The van der Waals surface area contributed by atoms with Crippen molar-refractivity contribution in [2.45, 2.75) is 0 Å². The van der Waals surface area contributed by atoms with Crippen LogP contribution >= 0.6 is 0 Å². The molecule has 0 heterocycles. The van der Waals surface area contributed by atoms with Crippen LogP contribution in [0.15, 0.2) is 206 Å². The molecule has 0 aliphatic carbocycles. The Bertz CT molecular complexity index is 3240. The molecule has 54 heavy (non-hydrogen) atoms. The van der Waals surface area contributed by atoms with Gasteiger partial charge in [-0.15, -0.1) is 0 Å². The van der Waals surface area contributed by atoms with E-state index in [4.69, 9.17) is 0 Å². The Hall–Kier alpha value is -7.02. The molecule has 11 rings (SSSR count). The summed E-state index contributed by atoms with van der Waals surface area (Å²) in [6, 6.07) is 76.3. The molecule has 0 N–H and O–H groups in total. The molecule has 0 unspecified atom stereocenters. The Kier molecular flexibility index (Phi) is 6.97. The predicted octanol–water partition coefficient (Wildman–Crippen LogP) is 15.3. The molecule has 0 radical (unpaired) electrons. The van der Waals surface area contributed by atoms with E-state index < -0.39 is 0 Å². The normalized spacial score (nSPS) is 11.7. The first kappa shape index (κ1) is 30.6. The monoisotopic (exact) mass is 682 g/mol. The summed E-state index contributed by atoms with van der Waals surface area (Å²) < 4.78 is 0. The summed E-state index contributed by atoms with van der Waals surface area (Å²) >= 11 is 0. The molecule has 0 amide bonds. The number of hydrogen-bond donors (Lipinski definition) is 0. The van der Waals surface area contributed by atoms with E-state index >= 15 is 0 Å². The zero-order chi connectivity index (χ0) is 35.6. The molecule has 0 fully saturated rings. The van der Waals surface area contributed by atoms with E-state index in [9.17, 15) is 0 Å². The molecule has 11 aromatic rings. The van der Waals surface area contributed by atoms with E-state index in [2.05, 4.69) is 206 Å². The minimum atomic E-state index is 1.21. The van der Waals surface area contributed by atoms with Crippen molar-refractivity contribution in [1.29, 1.82) is 0 Å². The standard InChI is InChI=1S/C54H34/c1-3-12-35(13-4-1)41-25-29-49-51(33-41)53(44-23-22-37-16-7-8-17-38(37)31-44)48-28-24-42(36-14-5-2-6-15-36)34-52(48)54(49)47-21-11-20-45-46(47)27-26-43-30-39-18-9-10-19-40(39)32-50(43)45/h1-34H. The molecule has 0 bridgehead atoms. The molecule has 0 saturated heterocycles. The van der Waals surface area contributed by atoms with Gasteiger partial charge in [-0.05, 0) is 139 Å². The fourth-order valence-electron chi connectivity index (χ4n) is 8.79. The maximum Gasteiger partial charge on any atom is -0.00199 e. The number of benzene rings is 11. The van der Waals surface area contributed by atoms with Gasteiger partial charge in [0.25, 0.3) is 0 Å². The zero-order valence-electron chi connectivity index (χ0n) is 29.6. The number of rotatable bonds is 4. The van der Waals surface area contributed by atoms with Gasteiger partial charge in [0.1, 0.15) is 0 Å². The highest BCUT2D eigenvalue weighted by Crippen LogP contribution is 2.48. The molecule has 0 aliphatic heterocycles. The lowest BCUT2D eigenvalue weighted by Crippen LogP contribution is -1.94. The van der Waals surface area contributed by atoms with Crippen molar-refractivity contribution < 1.29 is 0 Å². The molecular weight excluding hydrogens is 649 g/mol. The first-order valence-corrected chi connectivity index (χ1v) is 18.7. The Balaban J connectivity index is 1.29. The molecule has 0 atom stereocenters. The fraction of sp³-hybridized carbons (Fsp3) is 0. The molecule has 0 saturated carbocycles. The summed E-state index contributed by atoms with van der Waals surface area (Å²) in [5.74, 6) is 0. The average Bonchev–Trinajstić information content (AvgIpc) is 3.24. The quantitative estimate of drug-likeness (QED) is 0.128. The van der Waals surface area contributed by atoms with Gasteiger partial charge in [0.2, 0.25) is 0 Å². The smallest absolute Gasteiger partial charge is 0.00199 e. The minimum Gasteiger partial charge on any atom is -0.0622 e. The van der Waals surface area contributed by atoms with Crippen molar-refractivity contribution in [2.75, 3.05) is 0 Å². The maximum atomic E-state index is 2.43. The number of hydrogen-bond acceptors (Lipinski definition) is 0. The summed E-state index contributed by atoms with van der Waals surface area (Å²) in [6.07, 6.45) is 0. The summed E-state index contributed by atoms with van der Waals surface area (Å²) in [4.78, 5) is 0. The average molecular weight is 683 g/mol. The molecular formula is C54H34. The van der Waals surface area contributed by atoms with Gasteiger partial charge in [0.15, 0.2) is 0 Å². The summed E-state index contributed by atoms with van der Waals surface area (Å²) in [7, 11) is 0. The second kappa shape index (κ2) is 12.3. The highest BCUT2D eigenvalue weighted by atomic mass is 14.2. The summed E-state index contributed by atoms with van der Waals surface area (Å²) in [5.41, 5.74) is 9.88. The van der Waals surface area contributed by atoms with Crippen molar-refractivity contribution in [3.63, 3.8) is 0 Å². The molecule has 250 valence electrons. The lowest BCUT2D eigenvalue weighted by Gasteiger charge is -2.21. The van der Waals surface area contributed by atoms with E-state index in [1.165, 1.54) is 109 Å². The predicted molar refractivity (Wildman–Crippen MR) is 233 cm³/mol. The topological polar surface area (TPSA) is 0 Å². The van der Waals surface area contributed by atoms with Crippen LogP contribution in [0, 0.1) is 0 Å². The largest absolute Gasteiger partial charge is 0.0622 e. The molecule has 0 nitrogen and oxygen atoms in total. The number of fused-ring (bicyclic) bond motifs is 7. The second-order valence-electron chi connectivity index (χ2n) is 14.5. The summed E-state index contributed by atoms with van der Waals surface area (Å²) in [5, 5.41) is 15.1. The van der Waals surface area contributed by atoms with Crippen LogP contribution in [0.5, 0.6) is 0 Å². The van der Waals surface area contributed by atoms with Gasteiger partial charge in [-0.2, -0.15) is 0 Å². The van der Waals surface area contributed by atoms with Gasteiger partial charge < -0.3 is 0 Å². The van der Waals surface area contributed by atoms with Crippen molar-refractivity contribution in [3.05, 3.63) is 206 Å². The van der Waals surface area contributed by atoms with E-state index in [1.54, 1.807) is 0 Å². The summed E-state index contributed by atoms with van der Waals surface area (Å²) in [6.45, 7) is 0. The van der Waals surface area contributed by atoms with Gasteiger partial charge in [0, 0.05) is 0 Å². The van der Waals surface area contributed by atoms with E-state index in [1.807, 2.05) is 0 Å². The molecule has 0 heteroatoms. The van der Waals surface area contributed by atoms with Gasteiger partial charge in [-0.3, -0.25) is 0 Å². The Morgan fingerprint density at radius 2 is 0.704 bits per heavy atom. The van der Waals surface area contributed by atoms with E-state index in [0.717, 1.165) is 0 Å². The van der Waals surface area contributed by atoms with Crippen molar-refractivity contribution in [2.24, 2.45) is 0 Å². The molecule has 0 spiro atoms. The molecule has 11 aromatic carbocycles. The lowest BCUT2D eigenvalue weighted by atomic mass is 9.82. The van der Waals surface area contributed by atoms with Crippen LogP contribution in [0.3, 0.4) is 0 Å². The van der Waals surface area contributed by atoms with Crippen LogP contribution in [-0.2, 0) is 0 Å². The third-order valence-electron chi connectivity index (χ3n) is 11.4. The molecule has 0 aromatic heterocycles. The first-order valence-electron chi connectivity index (χ1n) is 18.7. The zero-order valence-corrected chi connectivity index (χ0v) is 29.6. The SMILES string of the molecule is c1ccc(-c2ccc3c(-c4cccc5c4ccc4cc6ccccc6cc45)c4cc(-c5ccccc5)ccc4c(-c4ccc5ccccc5c4)c3c2)cc1. The van der Waals surface area contributed by atoms with Crippen molar-refractivity contribution in [3.8, 4) is 44.5 Å². The Morgan fingerprint density at radius 3 is 1.39 bits per heavy atom. The second-order valence-corrected chi connectivity index (χ2v) is 14.5. The highest BCUT2D eigenvalue weighted by Gasteiger charge is 2.20. The van der Waals surface area contributed by atoms with Crippen LogP contribution in [0.25, 0.3) is 109 Å². The minimum absolute atomic E-state index is 1.21. The fourth-order valence-corrected chi connectivity index (χ4v) is 8.79. The van der Waals surface area contributed by atoms with Crippen molar-refractivity contribution in [1.82, 2.24) is 0 Å². The van der Waals surface area contributed by atoms with Crippen LogP contribution < -0.4 is 0 Å². The van der Waals surface area contributed by atoms with Gasteiger partial charge >= 0.3 is 0 Å². The van der Waals surface area contributed by atoms with Crippen LogP contribution in [-0.4, -0.2) is 0 Å². The molecule has 0 aliphatic rings. The lowest BCUT2D eigenvalue weighted by molar-refractivity contribution is 1.63. The Labute approximate surface area is 314 Å². The third kappa shape index (κ3) is 4.92. The van der Waals surface area contributed by atoms with Crippen molar-refractivity contribution >= 4 is 64.6 Å². The highest BCUT2D eigenvalue weighted by molar-refractivity contribution is 6.26. The maximum absolute atomic E-state index is 2.43. The Morgan fingerprint density at radius 1 is 0.185 bits per heavy atom. The van der Waals surface area contributed by atoms with E-state index in [-0.39, 0.29) is 0 Å². The van der Waals surface area contributed by atoms with Gasteiger partial charge in [-0.1, -0.05) is 176 Å². The van der Waals surface area contributed by atoms with Crippen LogP contribution in [0.2, 0.25) is 0 Å². The third-order valence-corrected chi connectivity index (χ3v) is 11.4. The van der Waals surface area contributed by atoms with E-state index in [0.29, 0.717) is 0 Å². The van der Waals surface area contributed by atoms with Crippen LogP contribution in [0.4, 0.5) is 0 Å². The van der Waals surface area contributed by atoms with Gasteiger partial charge in [-0.25, -0.2) is 0 Å². The first-order chi connectivity index (χ1) is 26.8. The van der Waals surface area contributed by atoms with Crippen LogP contribution in [0.1, 0.15) is 0 Å².